The van der Waals surface area contributed by atoms with Crippen molar-refractivity contribution in [1.29, 1.82) is 5.26 Å². The van der Waals surface area contributed by atoms with E-state index in [1.54, 1.807) is 4.90 Å². The van der Waals surface area contributed by atoms with Crippen LogP contribution < -0.4 is 10.6 Å². The molecule has 2 aliphatic rings. The Morgan fingerprint density at radius 3 is 2.53 bits per heavy atom. The van der Waals surface area contributed by atoms with Crippen molar-refractivity contribution in [1.82, 2.24) is 15.1 Å². The number of anilines is 1. The van der Waals surface area contributed by atoms with Gasteiger partial charge in [0.2, 0.25) is 11.8 Å². The van der Waals surface area contributed by atoms with Crippen molar-refractivity contribution in [3.63, 3.8) is 0 Å². The number of likely N-dealkylation sites (tertiary alicyclic amines) is 2. The van der Waals surface area contributed by atoms with Gasteiger partial charge in [0.25, 0.3) is 0 Å². The summed E-state index contributed by atoms with van der Waals surface area (Å²) in [7, 11) is 0. The Kier molecular flexibility index (Phi) is 7.29. The summed E-state index contributed by atoms with van der Waals surface area (Å²) in [6.45, 7) is 9.44. The van der Waals surface area contributed by atoms with Gasteiger partial charge in [-0.1, -0.05) is 18.2 Å². The Hall–Kier alpha value is -3.52. The van der Waals surface area contributed by atoms with Crippen LogP contribution in [0.5, 0.6) is 0 Å². The number of benzene rings is 1. The van der Waals surface area contributed by atoms with Gasteiger partial charge in [0.15, 0.2) is 0 Å². The molecule has 2 fully saturated rings. The first kappa shape index (κ1) is 21.2. The summed E-state index contributed by atoms with van der Waals surface area (Å²) in [5.41, 5.74) is 0.564. The number of carbonyl (C=O) groups excluding carboxylic acids is 2. The van der Waals surface area contributed by atoms with Gasteiger partial charge >= 0.3 is 5.70 Å². The monoisotopic (exact) mass is 406 g/mol. The molecule has 1 unspecified atom stereocenters. The highest BCUT2D eigenvalue weighted by Gasteiger charge is 2.31. The molecule has 0 aromatic heterocycles. The molecule has 0 spiro atoms. The molecule has 2 saturated heterocycles. The summed E-state index contributed by atoms with van der Waals surface area (Å²) in [4.78, 5) is 32.4. The molecular formula is C22H26N6O2. The molecule has 8 heteroatoms. The van der Waals surface area contributed by atoms with Crippen molar-refractivity contribution in [2.75, 3.05) is 31.5 Å². The average molecular weight is 406 g/mol. The van der Waals surface area contributed by atoms with Crippen LogP contribution in [-0.2, 0) is 9.59 Å². The largest absolute Gasteiger partial charge is 0.368 e. The highest BCUT2D eigenvalue weighted by Crippen LogP contribution is 2.18. The van der Waals surface area contributed by atoms with Gasteiger partial charge in [-0.15, -0.1) is 0 Å². The van der Waals surface area contributed by atoms with E-state index >= 15 is 0 Å². The zero-order valence-corrected chi connectivity index (χ0v) is 16.9. The predicted molar refractivity (Wildman–Crippen MR) is 112 cm³/mol. The van der Waals surface area contributed by atoms with E-state index in [9.17, 15) is 14.9 Å². The fourth-order valence-electron chi connectivity index (χ4n) is 3.77. The minimum atomic E-state index is -0.602. The second-order valence-electron chi connectivity index (χ2n) is 7.48. The van der Waals surface area contributed by atoms with Crippen LogP contribution in [0.2, 0.25) is 0 Å². The molecule has 1 aromatic carbocycles. The first-order valence-electron chi connectivity index (χ1n) is 10.3. The SMILES string of the molecule is [C-]#[N+]/C(C#N)=C(\Nc1ccccc1)NC1CCCCN(CC(=O)N2CCCC2)C1=O. The maximum Gasteiger partial charge on any atom is 0.300 e. The lowest BCUT2D eigenvalue weighted by Crippen LogP contribution is -2.49. The number of para-hydroxylation sites is 1. The molecule has 2 aliphatic heterocycles. The van der Waals surface area contributed by atoms with E-state index in [-0.39, 0.29) is 29.9 Å². The maximum atomic E-state index is 13.2. The van der Waals surface area contributed by atoms with Crippen LogP contribution in [-0.4, -0.2) is 53.8 Å². The highest BCUT2D eigenvalue weighted by molar-refractivity contribution is 5.88. The molecule has 2 heterocycles. The van der Waals surface area contributed by atoms with Crippen molar-refractivity contribution in [3.05, 3.63) is 53.3 Å². The molecule has 2 amide bonds. The number of nitriles is 1. The molecule has 3 rings (SSSR count). The topological polar surface area (TPSA) is 92.8 Å². The molecular weight excluding hydrogens is 380 g/mol. The van der Waals surface area contributed by atoms with E-state index < -0.39 is 6.04 Å². The van der Waals surface area contributed by atoms with Crippen molar-refractivity contribution in [3.8, 4) is 6.07 Å². The van der Waals surface area contributed by atoms with Gasteiger partial charge in [-0.25, -0.2) is 10.1 Å². The van der Waals surface area contributed by atoms with Gasteiger partial charge in [-0.2, -0.15) is 0 Å². The maximum absolute atomic E-state index is 13.2. The highest BCUT2D eigenvalue weighted by atomic mass is 16.2. The lowest BCUT2D eigenvalue weighted by atomic mass is 10.1. The number of hydrogen-bond acceptors (Lipinski definition) is 5. The van der Waals surface area contributed by atoms with Gasteiger partial charge in [0.05, 0.1) is 19.2 Å². The second-order valence-corrected chi connectivity index (χ2v) is 7.48. The van der Waals surface area contributed by atoms with Crippen LogP contribution in [0.3, 0.4) is 0 Å². The van der Waals surface area contributed by atoms with E-state index in [1.165, 1.54) is 0 Å². The minimum Gasteiger partial charge on any atom is -0.368 e. The van der Waals surface area contributed by atoms with Crippen LogP contribution in [0.25, 0.3) is 4.85 Å². The molecule has 0 bridgehead atoms. The number of carbonyl (C=O) groups is 2. The standard InChI is InChI=1S/C22H26N6O2/c1-24-19(15-23)21(25-17-9-3-2-4-10-17)26-18-11-5-6-14-28(22(18)30)16-20(29)27-12-7-8-13-27/h2-4,9-10,18,25-26H,5-8,11-14,16H2/b21-19+. The first-order chi connectivity index (χ1) is 14.6. The second kappa shape index (κ2) is 10.3. The molecule has 8 nitrogen and oxygen atoms in total. The Labute approximate surface area is 177 Å². The summed E-state index contributed by atoms with van der Waals surface area (Å²) in [6.07, 6.45) is 4.23. The minimum absolute atomic E-state index is 0.0152. The lowest BCUT2D eigenvalue weighted by molar-refractivity contribution is -0.140. The van der Waals surface area contributed by atoms with E-state index in [2.05, 4.69) is 15.5 Å². The van der Waals surface area contributed by atoms with Gasteiger partial charge in [0, 0.05) is 25.3 Å². The normalized spacial score (nSPS) is 19.9. The van der Waals surface area contributed by atoms with E-state index in [0.717, 1.165) is 38.8 Å². The third kappa shape index (κ3) is 5.30. The Morgan fingerprint density at radius 2 is 1.87 bits per heavy atom. The molecule has 30 heavy (non-hydrogen) atoms. The quantitative estimate of drug-likeness (QED) is 0.559. The Balaban J connectivity index is 1.75. The molecule has 0 saturated carbocycles. The van der Waals surface area contributed by atoms with E-state index in [4.69, 9.17) is 6.57 Å². The van der Waals surface area contributed by atoms with Gasteiger partial charge in [0.1, 0.15) is 11.9 Å². The number of nitrogens with zero attached hydrogens (tertiary/aromatic N) is 4. The molecule has 1 aromatic rings. The number of hydrogen-bond donors (Lipinski definition) is 2. The van der Waals surface area contributed by atoms with E-state index in [0.29, 0.717) is 18.7 Å². The van der Waals surface area contributed by atoms with Crippen molar-refractivity contribution in [2.24, 2.45) is 0 Å². The molecule has 156 valence electrons. The fourth-order valence-corrected chi connectivity index (χ4v) is 3.77. The summed E-state index contributed by atoms with van der Waals surface area (Å²) in [5.74, 6) is 0.0259. The first-order valence-corrected chi connectivity index (χ1v) is 10.3. The van der Waals surface area contributed by atoms with Gasteiger partial charge in [-0.05, 0) is 44.2 Å². The summed E-state index contributed by atoms with van der Waals surface area (Å²) in [6, 6.07) is 10.5. The number of nitrogens with one attached hydrogen (secondary N) is 2. The van der Waals surface area contributed by atoms with Gasteiger partial charge in [-0.3, -0.25) is 9.59 Å². The van der Waals surface area contributed by atoms with Crippen molar-refractivity contribution >= 4 is 17.5 Å². The molecule has 2 N–H and O–H groups in total. The van der Waals surface area contributed by atoms with Crippen LogP contribution in [0.1, 0.15) is 32.1 Å². The molecule has 1 atom stereocenters. The van der Waals surface area contributed by atoms with Crippen LogP contribution in [0, 0.1) is 17.9 Å². The average Bonchev–Trinajstić information content (AvgIpc) is 3.25. The summed E-state index contributed by atoms with van der Waals surface area (Å²) in [5, 5.41) is 15.5. The lowest BCUT2D eigenvalue weighted by Gasteiger charge is -2.28. The van der Waals surface area contributed by atoms with Crippen LogP contribution >= 0.6 is 0 Å². The summed E-state index contributed by atoms with van der Waals surface area (Å²) >= 11 is 0. The Bertz CT molecular complexity index is 861. The van der Waals surface area contributed by atoms with E-state index in [1.807, 2.05) is 41.3 Å². The van der Waals surface area contributed by atoms with Crippen molar-refractivity contribution in [2.45, 2.75) is 38.1 Å². The van der Waals surface area contributed by atoms with Crippen LogP contribution in [0.15, 0.2) is 41.8 Å². The smallest absolute Gasteiger partial charge is 0.300 e. The van der Waals surface area contributed by atoms with Crippen molar-refractivity contribution < 1.29 is 9.59 Å². The van der Waals surface area contributed by atoms with Crippen LogP contribution in [0.4, 0.5) is 5.69 Å². The zero-order valence-electron chi connectivity index (χ0n) is 16.9. The fraction of sp³-hybridized carbons (Fsp3) is 0.455. The zero-order chi connectivity index (χ0) is 21.3. The third-order valence-electron chi connectivity index (χ3n) is 5.38. The molecule has 0 aliphatic carbocycles. The summed E-state index contributed by atoms with van der Waals surface area (Å²) < 4.78 is 0. The third-order valence-corrected chi connectivity index (χ3v) is 5.38. The Morgan fingerprint density at radius 1 is 1.17 bits per heavy atom. The number of amides is 2. The van der Waals surface area contributed by atoms with Gasteiger partial charge < -0.3 is 20.4 Å². The molecule has 0 radical (unpaired) electrons. The number of rotatable bonds is 6. The number of allylic oxidation sites excluding steroid dienone is 1. The predicted octanol–water partition coefficient (Wildman–Crippen LogP) is 2.30.